The predicted molar refractivity (Wildman–Crippen MR) is 130 cm³/mol. The zero-order valence-electron chi connectivity index (χ0n) is 18.3. The first-order chi connectivity index (χ1) is 16.6. The molecule has 7 heteroatoms. The normalized spacial score (nSPS) is 24.3. The Kier molecular flexibility index (Phi) is 7.72. The molecule has 172 valence electrons. The molecule has 1 aliphatic heterocycles. The Morgan fingerprint density at radius 3 is 1.88 bits per heavy atom. The molecule has 3 aromatic carbocycles. The summed E-state index contributed by atoms with van der Waals surface area (Å²) in [6, 6.07) is 27.4. The highest BCUT2D eigenvalue weighted by atomic mass is 32.2. The quantitative estimate of drug-likeness (QED) is 0.563. The van der Waals surface area contributed by atoms with Crippen LogP contribution in [0.25, 0.3) is 0 Å². The zero-order valence-corrected chi connectivity index (χ0v) is 19.1. The number of aliphatic hydroxyl groups excluding tert-OH is 2. The van der Waals surface area contributed by atoms with Gasteiger partial charge in [0.1, 0.15) is 35.9 Å². The van der Waals surface area contributed by atoms with Crippen molar-refractivity contribution >= 4 is 11.8 Å². The molecular weight excluding hydrogens is 448 g/mol. The first-order valence-electron chi connectivity index (χ1n) is 10.9. The van der Waals surface area contributed by atoms with Crippen LogP contribution < -0.4 is 9.47 Å². The number of hydrogen-bond donors (Lipinski definition) is 2. The smallest absolute Gasteiger partial charge is 0.139 e. The third-order valence-corrected chi connectivity index (χ3v) is 7.10. The number of rotatable bonds is 6. The first-order valence-corrected chi connectivity index (χ1v) is 12.0. The van der Waals surface area contributed by atoms with Crippen molar-refractivity contribution in [1.82, 2.24) is 0 Å². The van der Waals surface area contributed by atoms with E-state index < -0.39 is 24.4 Å². The van der Waals surface area contributed by atoms with Crippen molar-refractivity contribution in [1.29, 1.82) is 10.5 Å². The van der Waals surface area contributed by atoms with Gasteiger partial charge in [0.05, 0.1) is 23.3 Å². The molecule has 0 aromatic heterocycles. The Bertz CT molecular complexity index is 1160. The number of aliphatic hydroxyl groups is 2. The largest absolute Gasteiger partial charge is 0.487 e. The fourth-order valence-electron chi connectivity index (χ4n) is 3.86. The van der Waals surface area contributed by atoms with Gasteiger partial charge in [0.15, 0.2) is 0 Å². The standard InChI is InChI=1S/C27H24N2O4S/c28-15-19-6-10-21(11-7-19)32-23-17-34-24(14-18-4-2-1-3-5-18)27(26(31)25(23)30)33-22-12-8-20(16-29)9-13-22/h1-13,23-27,30-31H,14,17H2/t23-,24+,25-,26+,27-/m0/s1. The van der Waals surface area contributed by atoms with Crippen molar-refractivity contribution in [3.8, 4) is 23.6 Å². The van der Waals surface area contributed by atoms with E-state index in [1.165, 1.54) is 0 Å². The van der Waals surface area contributed by atoms with Crippen LogP contribution in [0, 0.1) is 22.7 Å². The molecule has 2 N–H and O–H groups in total. The van der Waals surface area contributed by atoms with Gasteiger partial charge in [-0.25, -0.2) is 0 Å². The van der Waals surface area contributed by atoms with E-state index in [2.05, 4.69) is 12.1 Å². The summed E-state index contributed by atoms with van der Waals surface area (Å²) in [6.07, 6.45) is -3.13. The Hall–Kier alpha value is -3.49. The summed E-state index contributed by atoms with van der Waals surface area (Å²) >= 11 is 1.58. The molecule has 0 unspecified atom stereocenters. The third kappa shape index (κ3) is 5.70. The average molecular weight is 473 g/mol. The van der Waals surface area contributed by atoms with Crippen LogP contribution in [0.5, 0.6) is 11.5 Å². The topological polar surface area (TPSA) is 106 Å². The first kappa shape index (κ1) is 23.7. The lowest BCUT2D eigenvalue weighted by Crippen LogP contribution is -2.50. The van der Waals surface area contributed by atoms with Crippen molar-refractivity contribution in [2.45, 2.75) is 36.1 Å². The molecule has 4 rings (SSSR count). The van der Waals surface area contributed by atoms with Crippen LogP contribution in [0.3, 0.4) is 0 Å². The van der Waals surface area contributed by atoms with Gasteiger partial charge >= 0.3 is 0 Å². The molecule has 1 aliphatic rings. The van der Waals surface area contributed by atoms with E-state index in [1.54, 1.807) is 60.3 Å². The van der Waals surface area contributed by atoms with Crippen LogP contribution in [0.1, 0.15) is 16.7 Å². The van der Waals surface area contributed by atoms with E-state index in [9.17, 15) is 10.2 Å². The SMILES string of the molecule is N#Cc1ccc(O[C@@H]2[C@H](O)[C@@H](O)[C@@H](Oc3ccc(C#N)cc3)CS[C@@H]2Cc2ccccc2)cc1. The number of nitriles is 2. The molecule has 0 aliphatic carbocycles. The summed E-state index contributed by atoms with van der Waals surface area (Å²) in [4.78, 5) is 0. The monoisotopic (exact) mass is 472 g/mol. The third-order valence-electron chi connectivity index (χ3n) is 5.71. The molecule has 0 amide bonds. The fourth-order valence-corrected chi connectivity index (χ4v) is 5.28. The molecule has 1 saturated heterocycles. The van der Waals surface area contributed by atoms with E-state index in [0.29, 0.717) is 34.8 Å². The molecule has 5 atom stereocenters. The summed E-state index contributed by atoms with van der Waals surface area (Å²) < 4.78 is 12.2. The van der Waals surface area contributed by atoms with Crippen molar-refractivity contribution in [3.05, 3.63) is 95.6 Å². The maximum Gasteiger partial charge on any atom is 0.139 e. The Balaban J connectivity index is 1.57. The van der Waals surface area contributed by atoms with Crippen molar-refractivity contribution in [2.24, 2.45) is 0 Å². The number of thioether (sulfide) groups is 1. The van der Waals surface area contributed by atoms with Crippen LogP contribution in [0.15, 0.2) is 78.9 Å². The van der Waals surface area contributed by atoms with Crippen LogP contribution in [-0.4, -0.2) is 45.6 Å². The second kappa shape index (κ2) is 11.1. The lowest BCUT2D eigenvalue weighted by molar-refractivity contribution is -0.0822. The number of nitrogens with zero attached hydrogens (tertiary/aromatic N) is 2. The van der Waals surface area contributed by atoms with Gasteiger partial charge in [0.25, 0.3) is 0 Å². The lowest BCUT2D eigenvalue weighted by Gasteiger charge is -2.31. The molecule has 1 heterocycles. The summed E-state index contributed by atoms with van der Waals surface area (Å²) in [5.41, 5.74) is 2.13. The van der Waals surface area contributed by atoms with Crippen molar-refractivity contribution in [3.63, 3.8) is 0 Å². The maximum atomic E-state index is 11.2. The van der Waals surface area contributed by atoms with Crippen LogP contribution in [0.4, 0.5) is 0 Å². The van der Waals surface area contributed by atoms with Gasteiger partial charge in [-0.05, 0) is 60.5 Å². The Morgan fingerprint density at radius 2 is 1.32 bits per heavy atom. The van der Waals surface area contributed by atoms with E-state index in [0.717, 1.165) is 5.56 Å². The van der Waals surface area contributed by atoms with Gasteiger partial charge in [-0.3, -0.25) is 0 Å². The minimum Gasteiger partial charge on any atom is -0.487 e. The number of ether oxygens (including phenoxy) is 2. The minimum absolute atomic E-state index is 0.155. The van der Waals surface area contributed by atoms with Gasteiger partial charge in [-0.2, -0.15) is 22.3 Å². The molecule has 0 bridgehead atoms. The zero-order chi connectivity index (χ0) is 23.9. The summed E-state index contributed by atoms with van der Waals surface area (Å²) in [6.45, 7) is 0. The van der Waals surface area contributed by atoms with E-state index >= 15 is 0 Å². The maximum absolute atomic E-state index is 11.2. The predicted octanol–water partition coefficient (Wildman–Crippen LogP) is 3.70. The Labute approximate surface area is 203 Å². The van der Waals surface area contributed by atoms with Gasteiger partial charge in [-0.15, -0.1) is 0 Å². The highest BCUT2D eigenvalue weighted by Gasteiger charge is 2.43. The highest BCUT2D eigenvalue weighted by molar-refractivity contribution is 8.00. The van der Waals surface area contributed by atoms with Crippen LogP contribution >= 0.6 is 11.8 Å². The second-order valence-electron chi connectivity index (χ2n) is 8.05. The van der Waals surface area contributed by atoms with Gasteiger partial charge in [0, 0.05) is 11.0 Å². The van der Waals surface area contributed by atoms with Crippen LogP contribution in [0.2, 0.25) is 0 Å². The molecule has 0 spiro atoms. The fraction of sp³-hybridized carbons (Fsp3) is 0.259. The summed E-state index contributed by atoms with van der Waals surface area (Å²) in [5.74, 6) is 1.48. The average Bonchev–Trinajstić information content (AvgIpc) is 2.98. The van der Waals surface area contributed by atoms with Crippen molar-refractivity contribution in [2.75, 3.05) is 5.75 Å². The molecule has 3 aromatic rings. The Morgan fingerprint density at radius 1 is 0.765 bits per heavy atom. The van der Waals surface area contributed by atoms with Crippen molar-refractivity contribution < 1.29 is 19.7 Å². The minimum atomic E-state index is -1.21. The molecule has 34 heavy (non-hydrogen) atoms. The van der Waals surface area contributed by atoms with Gasteiger partial charge in [0.2, 0.25) is 0 Å². The van der Waals surface area contributed by atoms with Crippen LogP contribution in [-0.2, 0) is 6.42 Å². The molecule has 1 fully saturated rings. The molecular formula is C27H24N2O4S. The second-order valence-corrected chi connectivity index (χ2v) is 9.33. The lowest BCUT2D eigenvalue weighted by atomic mass is 9.97. The van der Waals surface area contributed by atoms with Gasteiger partial charge in [-0.1, -0.05) is 30.3 Å². The number of benzene rings is 3. The summed E-state index contributed by atoms with van der Waals surface area (Å²) in [7, 11) is 0. The molecule has 6 nitrogen and oxygen atoms in total. The number of hydrogen-bond acceptors (Lipinski definition) is 7. The highest BCUT2D eigenvalue weighted by Crippen LogP contribution is 2.33. The molecule has 0 saturated carbocycles. The molecule has 0 radical (unpaired) electrons. The van der Waals surface area contributed by atoms with E-state index in [-0.39, 0.29) is 5.25 Å². The summed E-state index contributed by atoms with van der Waals surface area (Å²) in [5, 5.41) is 40.1. The van der Waals surface area contributed by atoms with Gasteiger partial charge < -0.3 is 19.7 Å². The van der Waals surface area contributed by atoms with E-state index in [1.807, 2.05) is 30.3 Å². The van der Waals surface area contributed by atoms with E-state index in [4.69, 9.17) is 20.0 Å².